The quantitative estimate of drug-likeness (QED) is 0.0648. The first-order valence-corrected chi connectivity index (χ1v) is 33.9. The highest BCUT2D eigenvalue weighted by molar-refractivity contribution is 7.13. The molecule has 0 N–H and O–H groups in total. The molecule has 15 rings (SSSR count). The Morgan fingerprint density at radius 3 is 0.505 bits per heavy atom. The molecule has 0 bridgehead atoms. The summed E-state index contributed by atoms with van der Waals surface area (Å²) in [6.45, 7) is 0. The summed E-state index contributed by atoms with van der Waals surface area (Å²) < 4.78 is 45.3. The van der Waals surface area contributed by atoms with Crippen LogP contribution in [0.15, 0.2) is 279 Å². The third-order valence-electron chi connectivity index (χ3n) is 18.7. The highest BCUT2D eigenvalue weighted by Crippen LogP contribution is 2.54. The Labute approximate surface area is 593 Å². The molecule has 2 aliphatic rings. The van der Waals surface area contributed by atoms with Crippen LogP contribution < -0.4 is 57.5 Å². The first kappa shape index (κ1) is 64.4. The normalized spacial score (nSPS) is 11.5. The van der Waals surface area contributed by atoms with E-state index in [2.05, 4.69) is 214 Å². The van der Waals surface area contributed by atoms with Crippen molar-refractivity contribution in [2.75, 3.05) is 76.5 Å². The molecule has 0 saturated carbocycles. The van der Waals surface area contributed by atoms with E-state index in [-0.39, 0.29) is 0 Å². The number of fused-ring (bicyclic) bond motifs is 6. The molecule has 13 aromatic rings. The van der Waals surface area contributed by atoms with E-state index in [1.807, 2.05) is 97.1 Å². The van der Waals surface area contributed by atoms with Crippen molar-refractivity contribution in [1.82, 2.24) is 0 Å². The molecule has 498 valence electrons. The highest BCUT2D eigenvalue weighted by Gasteiger charge is 2.31. The lowest BCUT2D eigenvalue weighted by molar-refractivity contribution is 0.414. The van der Waals surface area contributed by atoms with Gasteiger partial charge in [-0.1, -0.05) is 24.3 Å². The van der Waals surface area contributed by atoms with E-state index in [1.54, 1.807) is 68.2 Å². The predicted octanol–water partition coefficient (Wildman–Crippen LogP) is 22.8. The van der Waals surface area contributed by atoms with Gasteiger partial charge in [0.05, 0.1) is 56.9 Å². The molecule has 0 aliphatic heterocycles. The summed E-state index contributed by atoms with van der Waals surface area (Å²) in [5, 5.41) is 0. The van der Waals surface area contributed by atoms with E-state index < -0.39 is 0 Å². The summed E-state index contributed by atoms with van der Waals surface area (Å²) in [4.78, 5) is 11.3. The number of thiophene rings is 1. The van der Waals surface area contributed by atoms with Gasteiger partial charge in [-0.2, -0.15) is 0 Å². The lowest BCUT2D eigenvalue weighted by Crippen LogP contribution is -2.10. The Hall–Kier alpha value is -12.6. The summed E-state index contributed by atoms with van der Waals surface area (Å²) in [5.41, 5.74) is 22.9. The van der Waals surface area contributed by atoms with E-state index in [0.717, 1.165) is 180 Å². The van der Waals surface area contributed by atoms with E-state index in [9.17, 15) is 0 Å². The first-order valence-electron chi connectivity index (χ1n) is 33.1. The van der Waals surface area contributed by atoms with Crippen LogP contribution in [0.1, 0.15) is 32.0 Å². The standard InChI is InChI=1S/C88H72N4O8S/c1-93-69-29-9-57(10-30-69)89(58-11-31-70(94-2)32-12-58)65-25-47-79-80-48-26-66(90(59-13-33-71(95-3)34-14-59)60-15-35-72(96-4)36-16-60)52-84(80)87(83(79)51-65)55-77-45-46-78(101-77)56-88-85-53-67(91(61-17-37-73(97-5)38-18-61)62-19-39-74(98-6)40-20-62)27-49-81(85)82-50-28-68(54-86(82)88)92(63-21-41-75(99-7)42-22-63)64-23-43-76(100-8)44-24-64/h9-56H,1-8H3. The van der Waals surface area contributed by atoms with Crippen molar-refractivity contribution in [3.63, 3.8) is 0 Å². The summed E-state index contributed by atoms with van der Waals surface area (Å²) in [6, 6.07) is 97.4. The average molecular weight is 1350 g/mol. The van der Waals surface area contributed by atoms with Crippen molar-refractivity contribution in [2.45, 2.75) is 0 Å². The molecular weight excluding hydrogens is 1270 g/mol. The summed E-state index contributed by atoms with van der Waals surface area (Å²) in [5.74, 6) is 6.19. The Bertz CT molecular complexity index is 4380. The molecule has 0 saturated heterocycles. The fourth-order valence-corrected chi connectivity index (χ4v) is 14.5. The number of hydrogen-bond acceptors (Lipinski definition) is 13. The number of rotatable bonds is 22. The van der Waals surface area contributed by atoms with Gasteiger partial charge in [0.2, 0.25) is 0 Å². The largest absolute Gasteiger partial charge is 0.497 e. The van der Waals surface area contributed by atoms with Crippen molar-refractivity contribution in [2.24, 2.45) is 0 Å². The van der Waals surface area contributed by atoms with Crippen LogP contribution in [0.5, 0.6) is 46.0 Å². The van der Waals surface area contributed by atoms with Crippen molar-refractivity contribution in [3.05, 3.63) is 311 Å². The SMILES string of the molecule is COc1ccc(N(c2ccc(OC)cc2)c2ccc3c(c2)C(=Cc2ccc(C=C4c5cc(N(c6ccc(OC)cc6)c6ccc(OC)cc6)ccc5-c5ccc(N(c6ccc(OC)cc6)c6ccc(OC)cc6)cc54)s2)c2cc(N(c4ccc(OC)cc4)c4ccc(OC)cc4)ccc2-3)cc1. The van der Waals surface area contributed by atoms with Gasteiger partial charge in [-0.15, -0.1) is 11.3 Å². The van der Waals surface area contributed by atoms with Gasteiger partial charge < -0.3 is 57.5 Å². The Kier molecular flexibility index (Phi) is 17.9. The summed E-state index contributed by atoms with van der Waals surface area (Å²) in [7, 11) is 13.5. The van der Waals surface area contributed by atoms with Gasteiger partial charge in [-0.25, -0.2) is 0 Å². The van der Waals surface area contributed by atoms with Crippen molar-refractivity contribution in [3.8, 4) is 68.2 Å². The summed E-state index contributed by atoms with van der Waals surface area (Å²) in [6.07, 6.45) is 4.74. The van der Waals surface area contributed by atoms with E-state index in [1.165, 1.54) is 0 Å². The molecule has 101 heavy (non-hydrogen) atoms. The van der Waals surface area contributed by atoms with Gasteiger partial charge in [-0.3, -0.25) is 0 Å². The molecule has 0 radical (unpaired) electrons. The van der Waals surface area contributed by atoms with Crippen LogP contribution in [0.25, 0.3) is 45.6 Å². The molecule has 0 unspecified atom stereocenters. The molecule has 0 spiro atoms. The van der Waals surface area contributed by atoms with Crippen LogP contribution in [0.4, 0.5) is 68.2 Å². The minimum atomic E-state index is 0.774. The van der Waals surface area contributed by atoms with Crippen molar-refractivity contribution in [1.29, 1.82) is 0 Å². The Balaban J connectivity index is 0.907. The topological polar surface area (TPSA) is 86.8 Å². The zero-order valence-corrected chi connectivity index (χ0v) is 58.0. The van der Waals surface area contributed by atoms with Gasteiger partial charge in [-0.05, 0) is 323 Å². The summed E-state index contributed by atoms with van der Waals surface area (Å²) >= 11 is 1.76. The highest BCUT2D eigenvalue weighted by atomic mass is 32.1. The number of hydrogen-bond donors (Lipinski definition) is 0. The number of benzene rings is 12. The van der Waals surface area contributed by atoms with Gasteiger partial charge in [0, 0.05) is 78.0 Å². The molecular formula is C88H72N4O8S. The van der Waals surface area contributed by atoms with Crippen LogP contribution in [0.3, 0.4) is 0 Å². The number of methoxy groups -OCH3 is 8. The second-order valence-corrected chi connectivity index (χ2v) is 25.3. The van der Waals surface area contributed by atoms with Crippen molar-refractivity contribution < 1.29 is 37.9 Å². The van der Waals surface area contributed by atoms with Gasteiger partial charge in [0.15, 0.2) is 0 Å². The first-order chi connectivity index (χ1) is 49.6. The molecule has 2 aliphatic carbocycles. The monoisotopic (exact) mass is 1340 g/mol. The minimum Gasteiger partial charge on any atom is -0.497 e. The Morgan fingerprint density at radius 2 is 0.347 bits per heavy atom. The molecule has 1 heterocycles. The lowest BCUT2D eigenvalue weighted by atomic mass is 10.0. The second kappa shape index (κ2) is 28.1. The van der Waals surface area contributed by atoms with E-state index in [4.69, 9.17) is 37.9 Å². The lowest BCUT2D eigenvalue weighted by Gasteiger charge is -2.26. The van der Waals surface area contributed by atoms with Crippen LogP contribution in [-0.4, -0.2) is 56.9 Å². The maximum atomic E-state index is 5.67. The Morgan fingerprint density at radius 1 is 0.188 bits per heavy atom. The second-order valence-electron chi connectivity index (χ2n) is 24.2. The molecule has 12 aromatic carbocycles. The van der Waals surface area contributed by atoms with E-state index in [0.29, 0.717) is 0 Å². The average Bonchev–Trinajstić information content (AvgIpc) is 1.61. The van der Waals surface area contributed by atoms with E-state index >= 15 is 0 Å². The van der Waals surface area contributed by atoms with Crippen LogP contribution in [0, 0.1) is 0 Å². The fourth-order valence-electron chi connectivity index (χ4n) is 13.6. The van der Waals surface area contributed by atoms with Gasteiger partial charge in [0.1, 0.15) is 46.0 Å². The minimum absolute atomic E-state index is 0.774. The maximum absolute atomic E-state index is 5.67. The molecule has 0 amide bonds. The molecule has 12 nitrogen and oxygen atoms in total. The fraction of sp³-hybridized carbons (Fsp3) is 0.0909. The van der Waals surface area contributed by atoms with Crippen molar-refractivity contribution >= 4 is 103 Å². The van der Waals surface area contributed by atoms with Crippen LogP contribution in [-0.2, 0) is 0 Å². The maximum Gasteiger partial charge on any atom is 0.119 e. The zero-order valence-electron chi connectivity index (χ0n) is 57.2. The third-order valence-corrected chi connectivity index (χ3v) is 19.6. The number of nitrogens with zero attached hydrogens (tertiary/aromatic N) is 4. The third kappa shape index (κ3) is 12.7. The molecule has 13 heteroatoms. The molecule has 0 fully saturated rings. The zero-order chi connectivity index (χ0) is 69.1. The van der Waals surface area contributed by atoms with Gasteiger partial charge >= 0.3 is 0 Å². The van der Waals surface area contributed by atoms with Crippen LogP contribution in [0.2, 0.25) is 0 Å². The number of ether oxygens (including phenoxy) is 8. The number of anilines is 12. The van der Waals surface area contributed by atoms with Gasteiger partial charge in [0.25, 0.3) is 0 Å². The molecule has 1 aromatic heterocycles. The predicted molar refractivity (Wildman–Crippen MR) is 413 cm³/mol. The molecule has 0 atom stereocenters. The van der Waals surface area contributed by atoms with Crippen LogP contribution >= 0.6 is 11.3 Å². The smallest absolute Gasteiger partial charge is 0.119 e.